The van der Waals surface area contributed by atoms with Crippen molar-refractivity contribution in [3.63, 3.8) is 0 Å². The third-order valence-electron chi connectivity index (χ3n) is 3.49. The number of carbonyl (C=O) groups excluding carboxylic acids is 3. The van der Waals surface area contributed by atoms with Gasteiger partial charge < -0.3 is 15.4 Å². The van der Waals surface area contributed by atoms with E-state index in [-0.39, 0.29) is 12.5 Å². The second-order valence-corrected chi connectivity index (χ2v) is 8.27. The Bertz CT molecular complexity index is 867. The fourth-order valence-corrected chi connectivity index (χ4v) is 2.95. The molecule has 150 valence electrons. The van der Waals surface area contributed by atoms with Crippen LogP contribution in [-0.4, -0.2) is 35.0 Å². The molecule has 0 saturated heterocycles. The minimum Gasteiger partial charge on any atom is -0.444 e. The van der Waals surface area contributed by atoms with Gasteiger partial charge in [-0.25, -0.2) is 9.78 Å². The normalized spacial score (nSPS) is 10.9. The van der Waals surface area contributed by atoms with E-state index >= 15 is 0 Å². The van der Waals surface area contributed by atoms with Gasteiger partial charge in [-0.3, -0.25) is 14.9 Å². The summed E-state index contributed by atoms with van der Waals surface area (Å²) in [7, 11) is 0. The average molecular weight is 404 g/mol. The van der Waals surface area contributed by atoms with Crippen LogP contribution in [0.5, 0.6) is 0 Å². The Morgan fingerprint density at radius 2 is 1.79 bits per heavy atom. The second-order valence-electron chi connectivity index (χ2n) is 7.06. The molecule has 2 aromatic rings. The van der Waals surface area contributed by atoms with Crippen LogP contribution in [0.1, 0.15) is 41.7 Å². The SMILES string of the molecule is Cc1nc(NC(=O)c2ccccc2NC(=O)CNC(=O)OC(C)(C)C)sc1C. The average Bonchev–Trinajstić information content (AvgIpc) is 2.89. The minimum absolute atomic E-state index is 0.282. The van der Waals surface area contributed by atoms with Crippen molar-refractivity contribution >= 4 is 40.1 Å². The van der Waals surface area contributed by atoms with E-state index in [2.05, 4.69) is 20.9 Å². The monoisotopic (exact) mass is 404 g/mol. The van der Waals surface area contributed by atoms with Crippen molar-refractivity contribution in [3.05, 3.63) is 40.4 Å². The fourth-order valence-electron chi connectivity index (χ4n) is 2.14. The zero-order valence-corrected chi connectivity index (χ0v) is 17.3. The first-order valence-electron chi connectivity index (χ1n) is 8.66. The zero-order chi connectivity index (χ0) is 20.9. The third-order valence-corrected chi connectivity index (χ3v) is 4.48. The van der Waals surface area contributed by atoms with E-state index in [1.54, 1.807) is 45.0 Å². The van der Waals surface area contributed by atoms with Gasteiger partial charge >= 0.3 is 6.09 Å². The van der Waals surface area contributed by atoms with Gasteiger partial charge in [-0.15, -0.1) is 11.3 Å². The van der Waals surface area contributed by atoms with E-state index in [4.69, 9.17) is 4.74 Å². The van der Waals surface area contributed by atoms with Crippen LogP contribution in [0.15, 0.2) is 24.3 Å². The van der Waals surface area contributed by atoms with Crippen molar-refractivity contribution in [3.8, 4) is 0 Å². The van der Waals surface area contributed by atoms with E-state index < -0.39 is 17.6 Å². The number of amides is 3. The lowest BCUT2D eigenvalue weighted by Gasteiger charge is -2.19. The first-order valence-corrected chi connectivity index (χ1v) is 9.48. The molecule has 0 spiro atoms. The van der Waals surface area contributed by atoms with Crippen LogP contribution in [0, 0.1) is 13.8 Å². The number of benzene rings is 1. The molecule has 0 radical (unpaired) electrons. The number of carbonyl (C=O) groups is 3. The number of para-hydroxylation sites is 1. The zero-order valence-electron chi connectivity index (χ0n) is 16.5. The Hall–Kier alpha value is -2.94. The Balaban J connectivity index is 2.00. The number of nitrogens with one attached hydrogen (secondary N) is 3. The third kappa shape index (κ3) is 6.34. The highest BCUT2D eigenvalue weighted by molar-refractivity contribution is 7.15. The minimum atomic E-state index is -0.691. The molecule has 1 heterocycles. The van der Waals surface area contributed by atoms with Crippen LogP contribution in [0.25, 0.3) is 0 Å². The molecule has 9 heteroatoms. The lowest BCUT2D eigenvalue weighted by atomic mass is 10.1. The predicted octanol–water partition coefficient (Wildman–Crippen LogP) is 3.48. The van der Waals surface area contributed by atoms with Gasteiger partial charge in [0.25, 0.3) is 5.91 Å². The molecule has 2 rings (SSSR count). The molecule has 1 aromatic carbocycles. The first-order chi connectivity index (χ1) is 13.0. The number of thiazole rings is 1. The van der Waals surface area contributed by atoms with E-state index in [0.29, 0.717) is 16.4 Å². The highest BCUT2D eigenvalue weighted by Crippen LogP contribution is 2.23. The molecule has 3 N–H and O–H groups in total. The number of hydrogen-bond acceptors (Lipinski definition) is 6. The Labute approximate surface area is 167 Å². The van der Waals surface area contributed by atoms with Crippen molar-refractivity contribution < 1.29 is 19.1 Å². The van der Waals surface area contributed by atoms with E-state index in [1.165, 1.54) is 11.3 Å². The number of aromatic nitrogens is 1. The smallest absolute Gasteiger partial charge is 0.408 e. The first kappa shape index (κ1) is 21.4. The van der Waals surface area contributed by atoms with Crippen molar-refractivity contribution in [2.75, 3.05) is 17.2 Å². The van der Waals surface area contributed by atoms with Crippen LogP contribution in [0.3, 0.4) is 0 Å². The molecule has 1 aromatic heterocycles. The number of aryl methyl sites for hydroxylation is 2. The summed E-state index contributed by atoms with van der Waals surface area (Å²) in [6.45, 7) is 8.70. The van der Waals surface area contributed by atoms with Gasteiger partial charge in [0.15, 0.2) is 5.13 Å². The van der Waals surface area contributed by atoms with Crippen molar-refractivity contribution in [2.24, 2.45) is 0 Å². The van der Waals surface area contributed by atoms with Crippen LogP contribution in [0.4, 0.5) is 15.6 Å². The Morgan fingerprint density at radius 1 is 1.11 bits per heavy atom. The van der Waals surface area contributed by atoms with Crippen molar-refractivity contribution in [2.45, 2.75) is 40.2 Å². The number of rotatable bonds is 5. The van der Waals surface area contributed by atoms with Gasteiger partial charge in [-0.2, -0.15) is 0 Å². The van der Waals surface area contributed by atoms with Gasteiger partial charge in [-0.1, -0.05) is 12.1 Å². The number of hydrogen-bond donors (Lipinski definition) is 3. The summed E-state index contributed by atoms with van der Waals surface area (Å²) in [4.78, 5) is 41.7. The molecule has 8 nitrogen and oxygen atoms in total. The number of anilines is 2. The summed E-state index contributed by atoms with van der Waals surface area (Å²) in [6, 6.07) is 6.60. The summed E-state index contributed by atoms with van der Waals surface area (Å²) in [5.74, 6) is -0.864. The molecule has 0 bridgehead atoms. The standard InChI is InChI=1S/C19H24N4O4S/c1-11-12(2)28-17(21-11)23-16(25)13-8-6-7-9-14(13)22-15(24)10-20-18(26)27-19(3,4)5/h6-9H,10H2,1-5H3,(H,20,26)(H,22,24)(H,21,23,25). The van der Waals surface area contributed by atoms with E-state index in [9.17, 15) is 14.4 Å². The van der Waals surface area contributed by atoms with Gasteiger partial charge in [0.1, 0.15) is 12.1 Å². The van der Waals surface area contributed by atoms with Crippen molar-refractivity contribution in [1.82, 2.24) is 10.3 Å². The second kappa shape index (κ2) is 8.83. The van der Waals surface area contributed by atoms with E-state index in [0.717, 1.165) is 10.6 Å². The van der Waals surface area contributed by atoms with Crippen molar-refractivity contribution in [1.29, 1.82) is 0 Å². The molecule has 0 saturated carbocycles. The maximum Gasteiger partial charge on any atom is 0.408 e. The number of ether oxygens (including phenoxy) is 1. The van der Waals surface area contributed by atoms with Gasteiger partial charge in [0, 0.05) is 4.88 Å². The maximum atomic E-state index is 12.6. The number of nitrogens with zero attached hydrogens (tertiary/aromatic N) is 1. The Morgan fingerprint density at radius 3 is 2.39 bits per heavy atom. The van der Waals surface area contributed by atoms with Gasteiger partial charge in [-0.05, 0) is 46.8 Å². The highest BCUT2D eigenvalue weighted by atomic mass is 32.1. The molecule has 0 unspecified atom stereocenters. The van der Waals surface area contributed by atoms with Gasteiger partial charge in [0.2, 0.25) is 5.91 Å². The molecule has 0 fully saturated rings. The summed E-state index contributed by atoms with van der Waals surface area (Å²) >= 11 is 1.38. The molecule has 28 heavy (non-hydrogen) atoms. The Kier molecular flexibility index (Phi) is 6.74. The topological polar surface area (TPSA) is 109 Å². The summed E-state index contributed by atoms with van der Waals surface area (Å²) in [5, 5.41) is 8.23. The predicted molar refractivity (Wildman–Crippen MR) is 109 cm³/mol. The van der Waals surface area contributed by atoms with Crippen LogP contribution < -0.4 is 16.0 Å². The molecule has 0 aliphatic rings. The molecule has 0 aliphatic heterocycles. The van der Waals surface area contributed by atoms with Crippen LogP contribution >= 0.6 is 11.3 Å². The van der Waals surface area contributed by atoms with Crippen LogP contribution in [0.2, 0.25) is 0 Å². The summed E-state index contributed by atoms with van der Waals surface area (Å²) in [5.41, 5.74) is 0.826. The van der Waals surface area contributed by atoms with Crippen LogP contribution in [-0.2, 0) is 9.53 Å². The highest BCUT2D eigenvalue weighted by Gasteiger charge is 2.18. The molecule has 3 amide bonds. The number of alkyl carbamates (subject to hydrolysis) is 1. The molecular formula is C19H24N4O4S. The fraction of sp³-hybridized carbons (Fsp3) is 0.368. The van der Waals surface area contributed by atoms with E-state index in [1.807, 2.05) is 13.8 Å². The summed E-state index contributed by atoms with van der Waals surface area (Å²) < 4.78 is 5.08. The lowest BCUT2D eigenvalue weighted by Crippen LogP contribution is -2.37. The molecule has 0 aliphatic carbocycles. The molecule has 0 atom stereocenters. The maximum absolute atomic E-state index is 12.6. The largest absolute Gasteiger partial charge is 0.444 e. The summed E-state index contributed by atoms with van der Waals surface area (Å²) in [6.07, 6.45) is -0.691. The quantitative estimate of drug-likeness (QED) is 0.707. The molecular weight excluding hydrogens is 380 g/mol. The lowest BCUT2D eigenvalue weighted by molar-refractivity contribution is -0.115. The van der Waals surface area contributed by atoms with Gasteiger partial charge in [0.05, 0.1) is 16.9 Å².